The maximum atomic E-state index is 12.5. The molecule has 150 valence electrons. The van der Waals surface area contributed by atoms with Crippen molar-refractivity contribution in [1.82, 2.24) is 5.32 Å². The van der Waals surface area contributed by atoms with E-state index in [9.17, 15) is 9.59 Å². The van der Waals surface area contributed by atoms with E-state index in [1.807, 2.05) is 0 Å². The average molecular weight is 393 g/mol. The zero-order chi connectivity index (χ0) is 19.6. The number of carbonyl (C=O) groups excluding carboxylic acids is 2. The molecule has 1 aromatic heterocycles. The van der Waals surface area contributed by atoms with Gasteiger partial charge in [-0.15, -0.1) is 11.3 Å². The minimum Gasteiger partial charge on any atom is -0.465 e. The van der Waals surface area contributed by atoms with Crippen LogP contribution in [0.25, 0.3) is 0 Å². The maximum Gasteiger partial charge on any atom is 0.341 e. The van der Waals surface area contributed by atoms with Crippen molar-refractivity contribution >= 4 is 28.3 Å². The third-order valence-corrected chi connectivity index (χ3v) is 7.22. The minimum atomic E-state index is -0.352. The van der Waals surface area contributed by atoms with E-state index in [0.717, 1.165) is 37.7 Å². The summed E-state index contributed by atoms with van der Waals surface area (Å²) in [7, 11) is 1.40. The molecule has 5 nitrogen and oxygen atoms in total. The van der Waals surface area contributed by atoms with Crippen LogP contribution in [0.4, 0.5) is 9.80 Å². The molecule has 27 heavy (non-hydrogen) atoms. The standard InChI is InChI=1S/C21H32N2O3S/c1-21(2,3)13-10-11-15-16(12-13)27-18(17(15)19(24)26-4)23-20(25)22-14-8-6-5-7-9-14/h13-14H,5-12H2,1-4H3,(H2,22,23,25)/t13-/m0/s1. The van der Waals surface area contributed by atoms with Crippen LogP contribution in [0.1, 0.15) is 80.1 Å². The largest absolute Gasteiger partial charge is 0.465 e. The summed E-state index contributed by atoms with van der Waals surface area (Å²) in [5.41, 5.74) is 1.86. The van der Waals surface area contributed by atoms with Gasteiger partial charge in [0.05, 0.1) is 12.7 Å². The van der Waals surface area contributed by atoms with Gasteiger partial charge in [0.1, 0.15) is 5.00 Å². The third kappa shape index (κ3) is 4.65. The van der Waals surface area contributed by atoms with Crippen LogP contribution in [0, 0.1) is 11.3 Å². The summed E-state index contributed by atoms with van der Waals surface area (Å²) < 4.78 is 5.02. The highest BCUT2D eigenvalue weighted by Gasteiger charge is 2.34. The van der Waals surface area contributed by atoms with Gasteiger partial charge in [0, 0.05) is 10.9 Å². The van der Waals surface area contributed by atoms with Gasteiger partial charge in [0.25, 0.3) is 0 Å². The molecule has 1 atom stereocenters. The first-order chi connectivity index (χ1) is 12.8. The molecule has 1 saturated carbocycles. The molecule has 3 rings (SSSR count). The number of nitrogens with one attached hydrogen (secondary N) is 2. The van der Waals surface area contributed by atoms with Gasteiger partial charge in [-0.2, -0.15) is 0 Å². The maximum absolute atomic E-state index is 12.5. The highest BCUT2D eigenvalue weighted by Crippen LogP contribution is 2.44. The number of rotatable bonds is 3. The molecule has 0 aliphatic heterocycles. The number of hydrogen-bond acceptors (Lipinski definition) is 4. The number of amides is 2. The van der Waals surface area contributed by atoms with Crippen LogP contribution in [0.5, 0.6) is 0 Å². The summed E-state index contributed by atoms with van der Waals surface area (Å²) >= 11 is 1.54. The molecule has 2 N–H and O–H groups in total. The lowest BCUT2D eigenvalue weighted by molar-refractivity contribution is 0.0600. The number of thiophene rings is 1. The molecule has 0 unspecified atom stereocenters. The number of hydrogen-bond donors (Lipinski definition) is 2. The van der Waals surface area contributed by atoms with E-state index in [2.05, 4.69) is 31.4 Å². The van der Waals surface area contributed by atoms with Gasteiger partial charge in [0.15, 0.2) is 0 Å². The number of esters is 1. The monoisotopic (exact) mass is 392 g/mol. The van der Waals surface area contributed by atoms with Crippen molar-refractivity contribution in [1.29, 1.82) is 0 Å². The van der Waals surface area contributed by atoms with Crippen LogP contribution in [0.3, 0.4) is 0 Å². The smallest absolute Gasteiger partial charge is 0.341 e. The van der Waals surface area contributed by atoms with Crippen LogP contribution < -0.4 is 10.6 Å². The quantitative estimate of drug-likeness (QED) is 0.700. The summed E-state index contributed by atoms with van der Waals surface area (Å²) in [6.45, 7) is 6.82. The van der Waals surface area contributed by atoms with Gasteiger partial charge >= 0.3 is 12.0 Å². The highest BCUT2D eigenvalue weighted by atomic mass is 32.1. The number of anilines is 1. The number of methoxy groups -OCH3 is 1. The van der Waals surface area contributed by atoms with Crippen LogP contribution in [0.2, 0.25) is 0 Å². The summed E-state index contributed by atoms with van der Waals surface area (Å²) in [5.74, 6) is 0.229. The number of carbonyl (C=O) groups is 2. The van der Waals surface area contributed by atoms with Crippen molar-refractivity contribution in [3.05, 3.63) is 16.0 Å². The van der Waals surface area contributed by atoms with Gasteiger partial charge < -0.3 is 10.1 Å². The topological polar surface area (TPSA) is 67.4 Å². The molecule has 2 aliphatic carbocycles. The van der Waals surface area contributed by atoms with Crippen molar-refractivity contribution in [2.45, 2.75) is 78.2 Å². The van der Waals surface area contributed by atoms with Crippen LogP contribution in [0.15, 0.2) is 0 Å². The normalized spacial score (nSPS) is 20.7. The Hall–Kier alpha value is -1.56. The number of urea groups is 1. The fourth-order valence-corrected chi connectivity index (χ4v) is 5.61. The molecule has 0 saturated heterocycles. The molecular formula is C21H32N2O3S. The molecule has 0 radical (unpaired) electrons. The van der Waals surface area contributed by atoms with Crippen molar-refractivity contribution in [2.24, 2.45) is 11.3 Å². The molecule has 1 heterocycles. The summed E-state index contributed by atoms with van der Waals surface area (Å²) in [4.78, 5) is 26.2. The lowest BCUT2D eigenvalue weighted by Crippen LogP contribution is -2.39. The van der Waals surface area contributed by atoms with Crippen molar-refractivity contribution in [3.8, 4) is 0 Å². The van der Waals surface area contributed by atoms with Crippen LogP contribution >= 0.6 is 11.3 Å². The Morgan fingerprint density at radius 2 is 1.81 bits per heavy atom. The van der Waals surface area contributed by atoms with E-state index in [4.69, 9.17) is 4.74 Å². The Labute approximate surface area is 166 Å². The predicted molar refractivity (Wildman–Crippen MR) is 110 cm³/mol. The van der Waals surface area contributed by atoms with Crippen LogP contribution in [-0.2, 0) is 17.6 Å². The Balaban J connectivity index is 1.79. The van der Waals surface area contributed by atoms with E-state index in [1.165, 1.54) is 31.2 Å². The molecular weight excluding hydrogens is 360 g/mol. The lowest BCUT2D eigenvalue weighted by Gasteiger charge is -2.33. The Morgan fingerprint density at radius 1 is 1.11 bits per heavy atom. The van der Waals surface area contributed by atoms with Gasteiger partial charge in [0.2, 0.25) is 0 Å². The molecule has 0 spiro atoms. The zero-order valence-electron chi connectivity index (χ0n) is 16.9. The second-order valence-electron chi connectivity index (χ2n) is 8.94. The number of ether oxygens (including phenoxy) is 1. The second-order valence-corrected chi connectivity index (χ2v) is 10.0. The molecule has 0 bridgehead atoms. The Kier molecular flexibility index (Phi) is 6.14. The lowest BCUT2D eigenvalue weighted by atomic mass is 9.72. The van der Waals surface area contributed by atoms with Gasteiger partial charge in [-0.25, -0.2) is 9.59 Å². The molecule has 2 aliphatic rings. The van der Waals surface area contributed by atoms with E-state index in [0.29, 0.717) is 16.5 Å². The van der Waals surface area contributed by atoms with Crippen molar-refractivity contribution in [2.75, 3.05) is 12.4 Å². The molecule has 1 fully saturated rings. The fraction of sp³-hybridized carbons (Fsp3) is 0.714. The SMILES string of the molecule is COC(=O)c1c(NC(=O)NC2CCCCC2)sc2c1CC[C@H](C(C)(C)C)C2. The number of fused-ring (bicyclic) bond motifs is 1. The molecule has 1 aromatic rings. The van der Waals surface area contributed by atoms with Gasteiger partial charge in [-0.1, -0.05) is 40.0 Å². The molecule has 2 amide bonds. The predicted octanol–water partition coefficient (Wildman–Crippen LogP) is 5.14. The van der Waals surface area contributed by atoms with Crippen LogP contribution in [-0.4, -0.2) is 25.2 Å². The Bertz CT molecular complexity index is 699. The third-order valence-electron chi connectivity index (χ3n) is 6.05. The van der Waals surface area contributed by atoms with Crippen molar-refractivity contribution < 1.29 is 14.3 Å². The van der Waals surface area contributed by atoms with Crippen molar-refractivity contribution in [3.63, 3.8) is 0 Å². The van der Waals surface area contributed by atoms with Gasteiger partial charge in [-0.3, -0.25) is 5.32 Å². The van der Waals surface area contributed by atoms with E-state index in [-0.39, 0.29) is 23.5 Å². The van der Waals surface area contributed by atoms with E-state index >= 15 is 0 Å². The zero-order valence-corrected chi connectivity index (χ0v) is 17.8. The fourth-order valence-electron chi connectivity index (χ4n) is 4.30. The average Bonchev–Trinajstić information content (AvgIpc) is 2.97. The highest BCUT2D eigenvalue weighted by molar-refractivity contribution is 7.17. The first-order valence-electron chi connectivity index (χ1n) is 10.1. The van der Waals surface area contributed by atoms with E-state index in [1.54, 1.807) is 11.3 Å². The summed E-state index contributed by atoms with van der Waals surface area (Å²) in [6, 6.07) is 0.0261. The molecule has 6 heteroatoms. The summed E-state index contributed by atoms with van der Waals surface area (Å²) in [6.07, 6.45) is 8.53. The Morgan fingerprint density at radius 3 is 2.44 bits per heavy atom. The first-order valence-corrected chi connectivity index (χ1v) is 10.9. The minimum absolute atomic E-state index is 0.210. The summed E-state index contributed by atoms with van der Waals surface area (Å²) in [5, 5.41) is 6.65. The van der Waals surface area contributed by atoms with Gasteiger partial charge in [-0.05, 0) is 49.0 Å². The second kappa shape index (κ2) is 8.21. The molecule has 0 aromatic carbocycles. The van der Waals surface area contributed by atoms with E-state index < -0.39 is 0 Å². The first kappa shape index (κ1) is 20.2.